The molecule has 0 aromatic heterocycles. The van der Waals surface area contributed by atoms with E-state index in [0.717, 1.165) is 5.75 Å². The van der Waals surface area contributed by atoms with Gasteiger partial charge in [0.15, 0.2) is 0 Å². The average molecular weight is 270 g/mol. The van der Waals surface area contributed by atoms with E-state index in [9.17, 15) is 4.39 Å². The molecule has 0 fully saturated rings. The molecule has 0 saturated carbocycles. The van der Waals surface area contributed by atoms with Gasteiger partial charge in [-0.15, -0.1) is 0 Å². The predicted octanol–water partition coefficient (Wildman–Crippen LogP) is 2.87. The second kappa shape index (κ2) is 7.27. The number of nitriles is 1. The molecule has 0 aliphatic heterocycles. The summed E-state index contributed by atoms with van der Waals surface area (Å²) in [5.74, 6) is 0.360. The normalized spacial score (nSPS) is 10.0. The third-order valence-corrected chi connectivity index (χ3v) is 2.81. The van der Waals surface area contributed by atoms with Crippen LogP contribution in [0.1, 0.15) is 11.1 Å². The second-order valence-corrected chi connectivity index (χ2v) is 4.23. The van der Waals surface area contributed by atoms with E-state index in [1.165, 1.54) is 6.07 Å². The molecule has 0 heterocycles. The zero-order chi connectivity index (χ0) is 14.2. The van der Waals surface area contributed by atoms with Crippen LogP contribution in [0.2, 0.25) is 0 Å². The second-order valence-electron chi connectivity index (χ2n) is 4.23. The summed E-state index contributed by atoms with van der Waals surface area (Å²) in [6.07, 6.45) is 0. The van der Waals surface area contributed by atoms with Crippen molar-refractivity contribution >= 4 is 0 Å². The summed E-state index contributed by atoms with van der Waals surface area (Å²) in [6.45, 7) is 1.48. The zero-order valence-corrected chi connectivity index (χ0v) is 11.0. The Kier molecular flexibility index (Phi) is 5.10. The van der Waals surface area contributed by atoms with E-state index in [1.807, 2.05) is 36.4 Å². The molecule has 2 aromatic rings. The number of ether oxygens (including phenoxy) is 1. The predicted molar refractivity (Wildman–Crippen MR) is 74.8 cm³/mol. The van der Waals surface area contributed by atoms with Crippen molar-refractivity contribution in [2.45, 2.75) is 6.54 Å². The van der Waals surface area contributed by atoms with Gasteiger partial charge in [0.05, 0.1) is 5.56 Å². The summed E-state index contributed by atoms with van der Waals surface area (Å²) in [4.78, 5) is 0. The molecule has 1 N–H and O–H groups in total. The van der Waals surface area contributed by atoms with Gasteiger partial charge in [0.25, 0.3) is 0 Å². The SMILES string of the molecule is N#Cc1cccc(CNCCOc2ccccc2)c1F. The summed E-state index contributed by atoms with van der Waals surface area (Å²) >= 11 is 0. The highest BCUT2D eigenvalue weighted by molar-refractivity contribution is 5.34. The van der Waals surface area contributed by atoms with Crippen molar-refractivity contribution in [1.82, 2.24) is 5.32 Å². The Morgan fingerprint density at radius 3 is 2.65 bits per heavy atom. The smallest absolute Gasteiger partial charge is 0.145 e. The molecule has 0 saturated heterocycles. The van der Waals surface area contributed by atoms with Gasteiger partial charge in [-0.3, -0.25) is 0 Å². The van der Waals surface area contributed by atoms with E-state index in [0.29, 0.717) is 25.3 Å². The largest absolute Gasteiger partial charge is 0.492 e. The van der Waals surface area contributed by atoms with Gasteiger partial charge in [-0.2, -0.15) is 5.26 Å². The van der Waals surface area contributed by atoms with Gasteiger partial charge < -0.3 is 10.1 Å². The van der Waals surface area contributed by atoms with Gasteiger partial charge in [-0.25, -0.2) is 4.39 Å². The standard InChI is InChI=1S/C16H15FN2O/c17-16-13(11-18)5-4-6-14(16)12-19-9-10-20-15-7-2-1-3-8-15/h1-8,19H,9-10,12H2. The third kappa shape index (κ3) is 3.81. The maximum atomic E-state index is 13.8. The van der Waals surface area contributed by atoms with Crippen LogP contribution in [0.3, 0.4) is 0 Å². The van der Waals surface area contributed by atoms with E-state index in [2.05, 4.69) is 5.32 Å². The van der Waals surface area contributed by atoms with Gasteiger partial charge >= 0.3 is 0 Å². The van der Waals surface area contributed by atoms with Crippen LogP contribution in [0.15, 0.2) is 48.5 Å². The van der Waals surface area contributed by atoms with Crippen LogP contribution in [0.4, 0.5) is 4.39 Å². The number of benzene rings is 2. The highest BCUT2D eigenvalue weighted by Crippen LogP contribution is 2.11. The first-order valence-electron chi connectivity index (χ1n) is 6.37. The van der Waals surface area contributed by atoms with Crippen molar-refractivity contribution in [3.05, 3.63) is 65.5 Å². The Hall–Kier alpha value is -2.38. The van der Waals surface area contributed by atoms with Crippen LogP contribution in [0.5, 0.6) is 5.75 Å². The van der Waals surface area contributed by atoms with Crippen LogP contribution in [-0.2, 0) is 6.54 Å². The molecule has 3 nitrogen and oxygen atoms in total. The molecule has 0 amide bonds. The van der Waals surface area contributed by atoms with Gasteiger partial charge in [0.1, 0.15) is 24.2 Å². The molecule has 102 valence electrons. The quantitative estimate of drug-likeness (QED) is 0.821. The number of halogens is 1. The topological polar surface area (TPSA) is 45.0 Å². The van der Waals surface area contributed by atoms with Crippen LogP contribution in [0.25, 0.3) is 0 Å². The fourth-order valence-corrected chi connectivity index (χ4v) is 1.78. The molecule has 0 unspecified atom stereocenters. The number of nitrogens with one attached hydrogen (secondary N) is 1. The first kappa shape index (κ1) is 14.0. The Balaban J connectivity index is 1.75. The first-order chi connectivity index (χ1) is 9.81. The summed E-state index contributed by atoms with van der Waals surface area (Å²) in [6, 6.07) is 16.2. The molecular weight excluding hydrogens is 255 g/mol. The minimum atomic E-state index is -0.452. The molecule has 20 heavy (non-hydrogen) atoms. The fourth-order valence-electron chi connectivity index (χ4n) is 1.78. The maximum Gasteiger partial charge on any atom is 0.145 e. The van der Waals surface area contributed by atoms with Crippen LogP contribution in [0, 0.1) is 17.1 Å². The Bertz CT molecular complexity index is 593. The van der Waals surface area contributed by atoms with Crippen molar-refractivity contribution in [2.24, 2.45) is 0 Å². The van der Waals surface area contributed by atoms with Crippen molar-refractivity contribution in [3.8, 4) is 11.8 Å². The molecule has 0 spiro atoms. The Morgan fingerprint density at radius 2 is 1.90 bits per heavy atom. The molecular formula is C16H15FN2O. The van der Waals surface area contributed by atoms with Crippen molar-refractivity contribution in [1.29, 1.82) is 5.26 Å². The van der Waals surface area contributed by atoms with Gasteiger partial charge in [-0.05, 0) is 18.2 Å². The molecule has 0 radical (unpaired) electrons. The highest BCUT2D eigenvalue weighted by atomic mass is 19.1. The number of rotatable bonds is 6. The van der Waals surface area contributed by atoms with Crippen LogP contribution >= 0.6 is 0 Å². The summed E-state index contributed by atoms with van der Waals surface area (Å²) in [7, 11) is 0. The van der Waals surface area contributed by atoms with E-state index in [1.54, 1.807) is 12.1 Å². The molecule has 4 heteroatoms. The van der Waals surface area contributed by atoms with Gasteiger partial charge in [-0.1, -0.05) is 30.3 Å². The maximum absolute atomic E-state index is 13.8. The van der Waals surface area contributed by atoms with E-state index < -0.39 is 5.82 Å². The fraction of sp³-hybridized carbons (Fsp3) is 0.188. The van der Waals surface area contributed by atoms with Crippen LogP contribution in [-0.4, -0.2) is 13.2 Å². The summed E-state index contributed by atoms with van der Waals surface area (Å²) in [5, 5.41) is 11.8. The van der Waals surface area contributed by atoms with E-state index in [-0.39, 0.29) is 5.56 Å². The molecule has 0 bridgehead atoms. The van der Waals surface area contributed by atoms with Crippen molar-refractivity contribution in [3.63, 3.8) is 0 Å². The van der Waals surface area contributed by atoms with E-state index >= 15 is 0 Å². The zero-order valence-electron chi connectivity index (χ0n) is 11.0. The average Bonchev–Trinajstić information content (AvgIpc) is 2.49. The van der Waals surface area contributed by atoms with Crippen LogP contribution < -0.4 is 10.1 Å². The minimum absolute atomic E-state index is 0.0739. The number of hydrogen-bond acceptors (Lipinski definition) is 3. The Labute approximate surface area is 117 Å². The van der Waals surface area contributed by atoms with Gasteiger partial charge in [0.2, 0.25) is 0 Å². The molecule has 0 aliphatic rings. The lowest BCUT2D eigenvalue weighted by molar-refractivity contribution is 0.313. The lowest BCUT2D eigenvalue weighted by atomic mass is 10.1. The van der Waals surface area contributed by atoms with E-state index in [4.69, 9.17) is 10.00 Å². The number of para-hydroxylation sites is 1. The molecule has 2 rings (SSSR count). The number of nitrogens with zero attached hydrogens (tertiary/aromatic N) is 1. The lowest BCUT2D eigenvalue weighted by Gasteiger charge is -2.08. The van der Waals surface area contributed by atoms with Crippen molar-refractivity contribution < 1.29 is 9.13 Å². The monoisotopic (exact) mass is 270 g/mol. The number of hydrogen-bond donors (Lipinski definition) is 1. The molecule has 0 atom stereocenters. The lowest BCUT2D eigenvalue weighted by Crippen LogP contribution is -2.21. The summed E-state index contributed by atoms with van der Waals surface area (Å²) < 4.78 is 19.3. The molecule has 0 aliphatic carbocycles. The molecule has 2 aromatic carbocycles. The minimum Gasteiger partial charge on any atom is -0.492 e. The summed E-state index contributed by atoms with van der Waals surface area (Å²) in [5.41, 5.74) is 0.564. The highest BCUT2D eigenvalue weighted by Gasteiger charge is 2.06. The third-order valence-electron chi connectivity index (χ3n) is 2.81. The Morgan fingerprint density at radius 1 is 1.10 bits per heavy atom. The van der Waals surface area contributed by atoms with Crippen molar-refractivity contribution in [2.75, 3.05) is 13.2 Å². The first-order valence-corrected chi connectivity index (χ1v) is 6.37. The van der Waals surface area contributed by atoms with Gasteiger partial charge in [0, 0.05) is 18.7 Å².